The highest BCUT2D eigenvalue weighted by Gasteiger charge is 2.17. The first-order chi connectivity index (χ1) is 7.25. The van der Waals surface area contributed by atoms with Crippen LogP contribution in [0.25, 0.3) is 0 Å². The molecule has 0 N–H and O–H groups in total. The van der Waals surface area contributed by atoms with E-state index in [1.54, 1.807) is 12.1 Å². The number of benzene rings is 1. The van der Waals surface area contributed by atoms with Crippen molar-refractivity contribution in [2.45, 2.75) is 6.04 Å². The zero-order chi connectivity index (χ0) is 10.7. The lowest BCUT2D eigenvalue weighted by atomic mass is 9.95. The van der Waals surface area contributed by atoms with Crippen LogP contribution in [0.4, 0.5) is 0 Å². The van der Waals surface area contributed by atoms with Crippen LogP contribution >= 0.6 is 0 Å². The van der Waals surface area contributed by atoms with Crippen LogP contribution in [-0.2, 0) is 4.74 Å². The highest BCUT2D eigenvalue weighted by Crippen LogP contribution is 2.07. The normalized spacial score (nSPS) is 16.5. The van der Waals surface area contributed by atoms with Crippen molar-refractivity contribution in [3.8, 4) is 0 Å². The average molecular weight is 202 g/mol. The standard InChI is InChI=1S/C10H11BN2O2/c11-8-3-1-7(2-4-8)10(14)13-12-9-5-15-6-9/h1-4,9H,5-6,11H2. The molecule has 0 spiro atoms. The van der Waals surface area contributed by atoms with E-state index >= 15 is 0 Å². The zero-order valence-electron chi connectivity index (χ0n) is 8.51. The lowest BCUT2D eigenvalue weighted by Gasteiger charge is -2.19. The topological polar surface area (TPSA) is 51.0 Å². The predicted octanol–water partition coefficient (Wildman–Crippen LogP) is -0.0638. The summed E-state index contributed by atoms with van der Waals surface area (Å²) < 4.78 is 4.92. The van der Waals surface area contributed by atoms with Gasteiger partial charge in [-0.1, -0.05) is 17.6 Å². The molecule has 0 saturated carbocycles. The number of carbonyl (C=O) groups is 1. The molecule has 1 aliphatic heterocycles. The van der Waals surface area contributed by atoms with Gasteiger partial charge >= 0.3 is 0 Å². The van der Waals surface area contributed by atoms with E-state index in [0.717, 1.165) is 5.46 Å². The van der Waals surface area contributed by atoms with Gasteiger partial charge in [-0.25, -0.2) is 0 Å². The van der Waals surface area contributed by atoms with Crippen molar-refractivity contribution in [1.82, 2.24) is 0 Å². The summed E-state index contributed by atoms with van der Waals surface area (Å²) in [5.74, 6) is -0.290. The summed E-state index contributed by atoms with van der Waals surface area (Å²) in [5.41, 5.74) is 1.69. The van der Waals surface area contributed by atoms with Gasteiger partial charge < -0.3 is 4.74 Å². The van der Waals surface area contributed by atoms with Gasteiger partial charge in [0.05, 0.1) is 13.2 Å². The molecule has 15 heavy (non-hydrogen) atoms. The molecule has 0 aliphatic carbocycles. The Labute approximate surface area is 88.8 Å². The van der Waals surface area contributed by atoms with Gasteiger partial charge in [-0.05, 0) is 12.1 Å². The van der Waals surface area contributed by atoms with Crippen LogP contribution in [0.1, 0.15) is 10.4 Å². The lowest BCUT2D eigenvalue weighted by molar-refractivity contribution is 0.0101. The fourth-order valence-corrected chi connectivity index (χ4v) is 1.18. The third kappa shape index (κ3) is 2.50. The van der Waals surface area contributed by atoms with Crippen LogP contribution in [-0.4, -0.2) is 33.0 Å². The lowest BCUT2D eigenvalue weighted by Crippen LogP contribution is -2.31. The van der Waals surface area contributed by atoms with Crippen molar-refractivity contribution in [2.24, 2.45) is 10.2 Å². The van der Waals surface area contributed by atoms with Gasteiger partial charge in [-0.3, -0.25) is 4.79 Å². The van der Waals surface area contributed by atoms with Crippen LogP contribution in [0.3, 0.4) is 0 Å². The second-order valence-corrected chi connectivity index (χ2v) is 3.58. The molecule has 0 atom stereocenters. The molecule has 1 aromatic rings. The minimum absolute atomic E-state index is 0.0689. The largest absolute Gasteiger partial charge is 0.377 e. The third-order valence-corrected chi connectivity index (χ3v) is 2.23. The van der Waals surface area contributed by atoms with E-state index in [0.29, 0.717) is 18.8 Å². The number of hydrogen-bond acceptors (Lipinski definition) is 3. The van der Waals surface area contributed by atoms with Crippen LogP contribution in [0, 0.1) is 0 Å². The maximum atomic E-state index is 11.5. The Balaban J connectivity index is 2.00. The molecule has 76 valence electrons. The number of hydrogen-bond donors (Lipinski definition) is 0. The zero-order valence-corrected chi connectivity index (χ0v) is 8.51. The first-order valence-electron chi connectivity index (χ1n) is 4.85. The Morgan fingerprint density at radius 2 is 2.00 bits per heavy atom. The minimum atomic E-state index is -0.290. The number of ether oxygens (including phenoxy) is 1. The smallest absolute Gasteiger partial charge is 0.295 e. The van der Waals surface area contributed by atoms with Gasteiger partial charge in [-0.2, -0.15) is 5.11 Å². The Kier molecular flexibility index (Phi) is 2.92. The van der Waals surface area contributed by atoms with E-state index in [-0.39, 0.29) is 11.9 Å². The maximum Gasteiger partial charge on any atom is 0.295 e. The van der Waals surface area contributed by atoms with Crippen LogP contribution in [0.15, 0.2) is 34.5 Å². The van der Waals surface area contributed by atoms with Crippen LogP contribution < -0.4 is 5.46 Å². The summed E-state index contributed by atoms with van der Waals surface area (Å²) in [7, 11) is 1.97. The maximum absolute atomic E-state index is 11.5. The Hall–Kier alpha value is -1.49. The number of rotatable bonds is 2. The average Bonchev–Trinajstić information content (AvgIpc) is 2.16. The van der Waals surface area contributed by atoms with Crippen molar-refractivity contribution >= 4 is 19.2 Å². The molecule has 1 aromatic carbocycles. The van der Waals surface area contributed by atoms with Crippen molar-refractivity contribution in [2.75, 3.05) is 13.2 Å². The molecular formula is C10H11BN2O2. The monoisotopic (exact) mass is 202 g/mol. The molecule has 0 unspecified atom stereocenters. The van der Waals surface area contributed by atoms with E-state index in [2.05, 4.69) is 10.2 Å². The Bertz CT molecular complexity index is 385. The number of carbonyl (C=O) groups excluding carboxylic acids is 1. The number of azo groups is 1. The summed E-state index contributed by atoms with van der Waals surface area (Å²) in [5, 5.41) is 7.53. The highest BCUT2D eigenvalue weighted by atomic mass is 16.5. The molecule has 1 amide bonds. The van der Waals surface area contributed by atoms with Gasteiger partial charge in [0, 0.05) is 5.56 Å². The fraction of sp³-hybridized carbons (Fsp3) is 0.300. The molecular weight excluding hydrogens is 191 g/mol. The van der Waals surface area contributed by atoms with Gasteiger partial charge in [0.2, 0.25) is 0 Å². The van der Waals surface area contributed by atoms with Crippen molar-refractivity contribution in [3.63, 3.8) is 0 Å². The number of nitrogens with zero attached hydrogens (tertiary/aromatic N) is 2. The van der Waals surface area contributed by atoms with Gasteiger partial charge in [0.15, 0.2) is 0 Å². The summed E-state index contributed by atoms with van der Waals surface area (Å²) in [6.07, 6.45) is 0. The van der Waals surface area contributed by atoms with E-state index in [9.17, 15) is 4.79 Å². The quantitative estimate of drug-likeness (QED) is 0.498. The summed E-state index contributed by atoms with van der Waals surface area (Å²) in [6, 6.07) is 7.35. The first-order valence-corrected chi connectivity index (χ1v) is 4.85. The van der Waals surface area contributed by atoms with Crippen molar-refractivity contribution in [3.05, 3.63) is 29.8 Å². The summed E-state index contributed by atoms with van der Waals surface area (Å²) in [4.78, 5) is 11.5. The van der Waals surface area contributed by atoms with Gasteiger partial charge in [-0.15, -0.1) is 5.11 Å². The fourth-order valence-electron chi connectivity index (χ4n) is 1.18. The van der Waals surface area contributed by atoms with Crippen molar-refractivity contribution < 1.29 is 9.53 Å². The van der Waals surface area contributed by atoms with E-state index in [1.807, 2.05) is 20.0 Å². The molecule has 1 fully saturated rings. The van der Waals surface area contributed by atoms with Gasteiger partial charge in [0.1, 0.15) is 13.9 Å². The van der Waals surface area contributed by atoms with Crippen molar-refractivity contribution in [1.29, 1.82) is 0 Å². The first kappa shape index (κ1) is 10.0. The van der Waals surface area contributed by atoms with Gasteiger partial charge in [0.25, 0.3) is 5.91 Å². The molecule has 1 aliphatic rings. The summed E-state index contributed by atoms with van der Waals surface area (Å²) in [6.45, 7) is 1.15. The molecule has 1 saturated heterocycles. The molecule has 2 rings (SSSR count). The van der Waals surface area contributed by atoms with Crippen LogP contribution in [0.2, 0.25) is 0 Å². The Morgan fingerprint density at radius 3 is 2.53 bits per heavy atom. The summed E-state index contributed by atoms with van der Waals surface area (Å²) >= 11 is 0. The van der Waals surface area contributed by atoms with E-state index in [1.165, 1.54) is 0 Å². The van der Waals surface area contributed by atoms with E-state index in [4.69, 9.17) is 4.74 Å². The number of amides is 1. The molecule has 5 heteroatoms. The second-order valence-electron chi connectivity index (χ2n) is 3.58. The SMILES string of the molecule is Bc1ccc(C(=O)N=NC2COC2)cc1. The molecule has 0 bridgehead atoms. The molecule has 0 radical (unpaired) electrons. The second kappa shape index (κ2) is 4.36. The third-order valence-electron chi connectivity index (χ3n) is 2.23. The predicted molar refractivity (Wildman–Crippen MR) is 58.4 cm³/mol. The van der Waals surface area contributed by atoms with E-state index < -0.39 is 0 Å². The Morgan fingerprint density at radius 1 is 1.33 bits per heavy atom. The molecule has 1 heterocycles. The minimum Gasteiger partial charge on any atom is -0.377 e. The molecule has 4 nitrogen and oxygen atoms in total. The highest BCUT2D eigenvalue weighted by molar-refractivity contribution is 6.32. The van der Waals surface area contributed by atoms with Crippen LogP contribution in [0.5, 0.6) is 0 Å². The molecule has 0 aromatic heterocycles.